The Bertz CT molecular complexity index is 836. The highest BCUT2D eigenvalue weighted by molar-refractivity contribution is 6.32. The Balaban J connectivity index is 1.75. The van der Waals surface area contributed by atoms with Gasteiger partial charge in [-0.1, -0.05) is 23.7 Å². The average Bonchev–Trinajstić information content (AvgIpc) is 3.11. The number of carbonyl (C=O) groups is 1. The summed E-state index contributed by atoms with van der Waals surface area (Å²) in [5.74, 6) is 0.678. The predicted octanol–water partition coefficient (Wildman–Crippen LogP) is 3.33. The predicted molar refractivity (Wildman–Crippen MR) is 91.5 cm³/mol. The molecule has 1 unspecified atom stereocenters. The summed E-state index contributed by atoms with van der Waals surface area (Å²) in [6.07, 6.45) is 4.30. The normalized spacial score (nSPS) is 11.8. The molecule has 7 heteroatoms. The van der Waals surface area contributed by atoms with Gasteiger partial charge < -0.3 is 10.1 Å². The van der Waals surface area contributed by atoms with Crippen LogP contribution in [0.15, 0.2) is 61.1 Å². The van der Waals surface area contributed by atoms with Gasteiger partial charge >= 0.3 is 0 Å². The van der Waals surface area contributed by atoms with Gasteiger partial charge in [0.1, 0.15) is 5.75 Å². The van der Waals surface area contributed by atoms with Gasteiger partial charge in [-0.3, -0.25) is 4.79 Å². The fourth-order valence-electron chi connectivity index (χ4n) is 2.09. The molecule has 1 atom stereocenters. The van der Waals surface area contributed by atoms with Crippen molar-refractivity contribution < 1.29 is 9.53 Å². The number of rotatable bonds is 5. The van der Waals surface area contributed by atoms with Crippen LogP contribution in [-0.4, -0.2) is 26.8 Å². The number of aromatic nitrogens is 3. The van der Waals surface area contributed by atoms with Crippen LogP contribution in [0.4, 0.5) is 5.69 Å². The first-order valence-electron chi connectivity index (χ1n) is 7.32. The molecule has 0 saturated heterocycles. The van der Waals surface area contributed by atoms with Crippen molar-refractivity contribution in [2.75, 3.05) is 5.32 Å². The maximum atomic E-state index is 12.4. The van der Waals surface area contributed by atoms with Crippen LogP contribution in [0.2, 0.25) is 5.02 Å². The van der Waals surface area contributed by atoms with Crippen LogP contribution in [0.5, 0.6) is 5.75 Å². The zero-order valence-corrected chi connectivity index (χ0v) is 13.6. The van der Waals surface area contributed by atoms with Crippen LogP contribution in [0, 0.1) is 0 Å². The van der Waals surface area contributed by atoms with Gasteiger partial charge in [-0.05, 0) is 37.3 Å². The molecular formula is C17H15ClN4O2. The number of anilines is 1. The van der Waals surface area contributed by atoms with Crippen LogP contribution < -0.4 is 10.1 Å². The molecule has 2 heterocycles. The minimum absolute atomic E-state index is 0.309. The van der Waals surface area contributed by atoms with Crippen LogP contribution >= 0.6 is 11.6 Å². The molecule has 122 valence electrons. The zero-order chi connectivity index (χ0) is 16.9. The Morgan fingerprint density at radius 2 is 2.04 bits per heavy atom. The molecule has 3 rings (SSSR count). The third-order valence-electron chi connectivity index (χ3n) is 3.28. The third kappa shape index (κ3) is 3.55. The minimum Gasteiger partial charge on any atom is -0.479 e. The van der Waals surface area contributed by atoms with Crippen molar-refractivity contribution in [2.45, 2.75) is 13.0 Å². The van der Waals surface area contributed by atoms with Gasteiger partial charge in [-0.25, -0.2) is 9.67 Å². The van der Waals surface area contributed by atoms with Crippen molar-refractivity contribution in [1.82, 2.24) is 14.8 Å². The van der Waals surface area contributed by atoms with E-state index in [2.05, 4.69) is 15.4 Å². The topological polar surface area (TPSA) is 69.0 Å². The molecule has 0 aliphatic heterocycles. The van der Waals surface area contributed by atoms with Crippen molar-refractivity contribution in [3.63, 3.8) is 0 Å². The number of para-hydroxylation sites is 1. The van der Waals surface area contributed by atoms with E-state index in [1.54, 1.807) is 72.7 Å². The molecule has 0 spiro atoms. The first-order chi connectivity index (χ1) is 11.6. The largest absolute Gasteiger partial charge is 0.479 e. The number of pyridine rings is 1. The lowest BCUT2D eigenvalue weighted by Crippen LogP contribution is -2.30. The third-order valence-corrected chi connectivity index (χ3v) is 3.59. The van der Waals surface area contributed by atoms with Crippen molar-refractivity contribution >= 4 is 23.2 Å². The van der Waals surface area contributed by atoms with E-state index in [9.17, 15) is 4.79 Å². The Labute approximate surface area is 144 Å². The number of carbonyl (C=O) groups excluding carboxylic acids is 1. The van der Waals surface area contributed by atoms with Crippen molar-refractivity contribution in [2.24, 2.45) is 0 Å². The van der Waals surface area contributed by atoms with E-state index in [-0.39, 0.29) is 5.91 Å². The lowest BCUT2D eigenvalue weighted by Gasteiger charge is -2.16. The molecule has 1 N–H and O–H groups in total. The molecule has 6 nitrogen and oxygen atoms in total. The summed E-state index contributed by atoms with van der Waals surface area (Å²) in [6, 6.07) is 12.3. The molecule has 24 heavy (non-hydrogen) atoms. The fraction of sp³-hybridized carbons (Fsp3) is 0.118. The van der Waals surface area contributed by atoms with Crippen LogP contribution in [0.3, 0.4) is 0 Å². The second-order valence-electron chi connectivity index (χ2n) is 5.00. The molecule has 0 aliphatic carbocycles. The Morgan fingerprint density at radius 1 is 1.21 bits per heavy atom. The average molecular weight is 343 g/mol. The zero-order valence-electron chi connectivity index (χ0n) is 12.9. The van der Waals surface area contributed by atoms with E-state index >= 15 is 0 Å². The van der Waals surface area contributed by atoms with Gasteiger partial charge in [-0.15, -0.1) is 0 Å². The van der Waals surface area contributed by atoms with E-state index in [1.807, 2.05) is 0 Å². The summed E-state index contributed by atoms with van der Waals surface area (Å²) < 4.78 is 7.20. The standard InChI is InChI=1S/C17H15ClN4O2/c1-12(24-15-8-3-2-6-13(15)18)17(23)21-14-7-4-9-19-16(14)22-11-5-10-20-22/h2-12H,1H3,(H,21,23). The number of nitrogens with one attached hydrogen (secondary N) is 1. The lowest BCUT2D eigenvalue weighted by atomic mass is 10.3. The van der Waals surface area contributed by atoms with Gasteiger partial charge in [0.05, 0.1) is 10.7 Å². The molecular weight excluding hydrogens is 328 g/mol. The highest BCUT2D eigenvalue weighted by Crippen LogP contribution is 2.24. The fourth-order valence-corrected chi connectivity index (χ4v) is 2.27. The number of amides is 1. The van der Waals surface area contributed by atoms with E-state index < -0.39 is 6.10 Å². The molecule has 0 fully saturated rings. The maximum Gasteiger partial charge on any atom is 0.265 e. The molecule has 0 radical (unpaired) electrons. The number of nitrogens with zero attached hydrogens (tertiary/aromatic N) is 3. The van der Waals surface area contributed by atoms with Crippen LogP contribution in [0.1, 0.15) is 6.92 Å². The first kappa shape index (κ1) is 16.0. The number of hydrogen-bond donors (Lipinski definition) is 1. The monoisotopic (exact) mass is 342 g/mol. The number of hydrogen-bond acceptors (Lipinski definition) is 4. The molecule has 0 saturated carbocycles. The summed E-state index contributed by atoms with van der Waals surface area (Å²) in [7, 11) is 0. The lowest BCUT2D eigenvalue weighted by molar-refractivity contribution is -0.122. The smallest absolute Gasteiger partial charge is 0.265 e. The maximum absolute atomic E-state index is 12.4. The first-order valence-corrected chi connectivity index (χ1v) is 7.70. The molecule has 0 bridgehead atoms. The highest BCUT2D eigenvalue weighted by atomic mass is 35.5. The Morgan fingerprint density at radius 3 is 2.79 bits per heavy atom. The van der Waals surface area contributed by atoms with E-state index in [1.165, 1.54) is 0 Å². The van der Waals surface area contributed by atoms with Gasteiger partial charge in [0.25, 0.3) is 5.91 Å². The highest BCUT2D eigenvalue weighted by Gasteiger charge is 2.18. The van der Waals surface area contributed by atoms with E-state index in [4.69, 9.17) is 16.3 Å². The summed E-state index contributed by atoms with van der Waals surface area (Å²) >= 11 is 6.05. The van der Waals surface area contributed by atoms with Gasteiger partial charge in [-0.2, -0.15) is 5.10 Å². The summed E-state index contributed by atoms with van der Waals surface area (Å²) in [5, 5.41) is 7.40. The summed E-state index contributed by atoms with van der Waals surface area (Å²) in [6.45, 7) is 1.66. The number of ether oxygens (including phenoxy) is 1. The van der Waals surface area contributed by atoms with Gasteiger partial charge in [0, 0.05) is 18.6 Å². The van der Waals surface area contributed by atoms with E-state index in [0.717, 1.165) is 0 Å². The Kier molecular flexibility index (Phi) is 4.77. The molecule has 0 aliphatic rings. The second kappa shape index (κ2) is 7.14. The van der Waals surface area contributed by atoms with Crippen molar-refractivity contribution in [3.05, 3.63) is 66.1 Å². The minimum atomic E-state index is -0.726. The Hall–Kier alpha value is -2.86. The van der Waals surface area contributed by atoms with Crippen LogP contribution in [0.25, 0.3) is 5.82 Å². The molecule has 2 aromatic heterocycles. The van der Waals surface area contributed by atoms with Crippen LogP contribution in [-0.2, 0) is 4.79 Å². The van der Waals surface area contributed by atoms with Crippen molar-refractivity contribution in [1.29, 1.82) is 0 Å². The second-order valence-corrected chi connectivity index (χ2v) is 5.41. The molecule has 3 aromatic rings. The summed E-state index contributed by atoms with van der Waals surface area (Å²) in [5.41, 5.74) is 0.542. The molecule has 1 aromatic carbocycles. The molecule has 1 amide bonds. The quantitative estimate of drug-likeness (QED) is 0.772. The SMILES string of the molecule is CC(Oc1ccccc1Cl)C(=O)Nc1cccnc1-n1cccn1. The van der Waals surface area contributed by atoms with Gasteiger partial charge in [0.2, 0.25) is 0 Å². The number of halogens is 1. The van der Waals surface area contributed by atoms with Crippen molar-refractivity contribution in [3.8, 4) is 11.6 Å². The van der Waals surface area contributed by atoms with E-state index in [0.29, 0.717) is 22.3 Å². The summed E-state index contributed by atoms with van der Waals surface area (Å²) in [4.78, 5) is 16.7. The number of benzene rings is 1. The van der Waals surface area contributed by atoms with Gasteiger partial charge in [0.15, 0.2) is 11.9 Å².